The summed E-state index contributed by atoms with van der Waals surface area (Å²) in [6.07, 6.45) is 2.39. The van der Waals surface area contributed by atoms with E-state index in [4.69, 9.17) is 18.3 Å². The number of rotatable bonds is 9. The van der Waals surface area contributed by atoms with E-state index in [1.165, 1.54) is 0 Å². The van der Waals surface area contributed by atoms with Crippen LogP contribution in [0.4, 0.5) is 0 Å². The van der Waals surface area contributed by atoms with Gasteiger partial charge in [-0.3, -0.25) is 0 Å². The monoisotopic (exact) mass is 262 g/mol. The van der Waals surface area contributed by atoms with Crippen LogP contribution in [-0.2, 0) is 18.3 Å². The Morgan fingerprint density at radius 1 is 1.24 bits per heavy atom. The van der Waals surface area contributed by atoms with Gasteiger partial charge in [0, 0.05) is 25.7 Å². The lowest BCUT2D eigenvalue weighted by atomic mass is 9.84. The minimum atomic E-state index is -1.51. The molecule has 1 heterocycles. The second kappa shape index (κ2) is 7.48. The Morgan fingerprint density at radius 2 is 1.88 bits per heavy atom. The van der Waals surface area contributed by atoms with Crippen molar-refractivity contribution >= 4 is 9.28 Å². The zero-order valence-electron chi connectivity index (χ0n) is 11.5. The summed E-state index contributed by atoms with van der Waals surface area (Å²) in [7, 11) is 1.94. The van der Waals surface area contributed by atoms with Crippen LogP contribution in [0.25, 0.3) is 0 Å². The van der Waals surface area contributed by atoms with Crippen LogP contribution in [-0.4, -0.2) is 49.4 Å². The minimum Gasteiger partial charge on any atom is -0.400 e. The molecule has 1 aliphatic heterocycles. The molecule has 1 unspecified atom stereocenters. The first-order chi connectivity index (χ1) is 8.19. The molecule has 0 radical (unpaired) electrons. The maximum Gasteiger partial charge on any atom is 0.323 e. The van der Waals surface area contributed by atoms with Crippen molar-refractivity contribution in [2.24, 2.45) is 5.41 Å². The van der Waals surface area contributed by atoms with Crippen molar-refractivity contribution in [3.63, 3.8) is 0 Å². The zero-order valence-corrected chi connectivity index (χ0v) is 12.7. The van der Waals surface area contributed by atoms with Crippen LogP contribution in [0.5, 0.6) is 0 Å². The van der Waals surface area contributed by atoms with Gasteiger partial charge in [-0.05, 0) is 12.8 Å². The predicted octanol–water partition coefficient (Wildman–Crippen LogP) is 1.72. The quantitative estimate of drug-likeness (QED) is 0.593. The average molecular weight is 262 g/mol. The summed E-state index contributed by atoms with van der Waals surface area (Å²) >= 11 is 0. The van der Waals surface area contributed by atoms with Gasteiger partial charge in [0.2, 0.25) is 0 Å². The Hall–Kier alpha value is 0.0569. The largest absolute Gasteiger partial charge is 0.400 e. The third-order valence-corrected chi connectivity index (χ3v) is 5.59. The van der Waals surface area contributed by atoms with E-state index in [2.05, 4.69) is 13.8 Å². The molecule has 1 rings (SSSR count). The smallest absolute Gasteiger partial charge is 0.323 e. The summed E-state index contributed by atoms with van der Waals surface area (Å²) in [5.74, 6) is 0. The molecule has 0 aromatic carbocycles. The first-order valence-electron chi connectivity index (χ1n) is 6.44. The highest BCUT2D eigenvalue weighted by atomic mass is 28.3. The van der Waals surface area contributed by atoms with Crippen LogP contribution in [0.2, 0.25) is 6.04 Å². The second-order valence-electron chi connectivity index (χ2n) is 4.82. The van der Waals surface area contributed by atoms with Gasteiger partial charge in [0.05, 0.1) is 25.9 Å². The molecule has 0 saturated carbocycles. The maximum atomic E-state index is 6.02. The normalized spacial score (nSPS) is 20.3. The number of hydrogen-bond donors (Lipinski definition) is 0. The average Bonchev–Trinajstić information content (AvgIpc) is 2.32. The number of hydrogen-bond acceptors (Lipinski definition) is 4. The standard InChI is InChI=1S/C12H26O4Si/c1-5-11(7-17(13-3)14-4)16-10-12(6-2)8-15-9-12/h11,17H,5-10H2,1-4H3. The second-order valence-corrected chi connectivity index (χ2v) is 7.10. The van der Waals surface area contributed by atoms with Gasteiger partial charge >= 0.3 is 9.28 Å². The van der Waals surface area contributed by atoms with Gasteiger partial charge < -0.3 is 18.3 Å². The Bertz CT molecular complexity index is 199. The molecule has 17 heavy (non-hydrogen) atoms. The van der Waals surface area contributed by atoms with Gasteiger partial charge in [-0.2, -0.15) is 0 Å². The molecule has 0 N–H and O–H groups in total. The lowest BCUT2D eigenvalue weighted by Gasteiger charge is -2.41. The van der Waals surface area contributed by atoms with E-state index in [1.807, 2.05) is 0 Å². The highest BCUT2D eigenvalue weighted by Gasteiger charge is 2.37. The molecule has 1 atom stereocenters. The highest BCUT2D eigenvalue weighted by molar-refractivity contribution is 6.44. The molecule has 0 bridgehead atoms. The van der Waals surface area contributed by atoms with Crippen molar-refractivity contribution in [3.05, 3.63) is 0 Å². The first-order valence-corrected chi connectivity index (χ1v) is 8.20. The van der Waals surface area contributed by atoms with E-state index >= 15 is 0 Å². The van der Waals surface area contributed by atoms with Crippen LogP contribution >= 0.6 is 0 Å². The van der Waals surface area contributed by atoms with E-state index in [1.54, 1.807) is 14.2 Å². The van der Waals surface area contributed by atoms with Crippen molar-refractivity contribution in [2.45, 2.75) is 38.8 Å². The minimum absolute atomic E-state index is 0.260. The fraction of sp³-hybridized carbons (Fsp3) is 1.00. The van der Waals surface area contributed by atoms with Crippen LogP contribution in [0, 0.1) is 5.41 Å². The van der Waals surface area contributed by atoms with Gasteiger partial charge in [0.15, 0.2) is 0 Å². The molecule has 0 amide bonds. The van der Waals surface area contributed by atoms with Gasteiger partial charge in [-0.25, -0.2) is 0 Å². The third-order valence-electron chi connectivity index (χ3n) is 3.63. The molecule has 1 fully saturated rings. The molecule has 0 spiro atoms. The van der Waals surface area contributed by atoms with E-state index in [9.17, 15) is 0 Å². The summed E-state index contributed by atoms with van der Waals surface area (Å²) < 4.78 is 22.0. The lowest BCUT2D eigenvalue weighted by molar-refractivity contribution is -0.159. The Kier molecular flexibility index (Phi) is 6.65. The van der Waals surface area contributed by atoms with E-state index in [0.29, 0.717) is 0 Å². The molecule has 0 aromatic rings. The summed E-state index contributed by atoms with van der Waals surface area (Å²) in [6, 6.07) is 0.921. The predicted molar refractivity (Wildman–Crippen MR) is 69.5 cm³/mol. The molecular weight excluding hydrogens is 236 g/mol. The van der Waals surface area contributed by atoms with E-state index in [0.717, 1.165) is 38.7 Å². The summed E-state index contributed by atoms with van der Waals surface area (Å²) in [6.45, 7) is 6.84. The zero-order chi connectivity index (χ0) is 12.7. The van der Waals surface area contributed by atoms with Crippen molar-refractivity contribution < 1.29 is 18.3 Å². The van der Waals surface area contributed by atoms with Crippen LogP contribution in [0.3, 0.4) is 0 Å². The summed E-state index contributed by atoms with van der Waals surface area (Å²) in [4.78, 5) is 0. The van der Waals surface area contributed by atoms with Crippen molar-refractivity contribution in [3.8, 4) is 0 Å². The summed E-state index contributed by atoms with van der Waals surface area (Å²) in [5, 5.41) is 0. The summed E-state index contributed by atoms with van der Waals surface area (Å²) in [5.41, 5.74) is 0.268. The highest BCUT2D eigenvalue weighted by Crippen LogP contribution is 2.32. The molecule has 102 valence electrons. The molecular formula is C12H26O4Si. The van der Waals surface area contributed by atoms with Gasteiger partial charge in [-0.15, -0.1) is 0 Å². The van der Waals surface area contributed by atoms with Crippen LogP contribution < -0.4 is 0 Å². The molecule has 1 aliphatic rings. The third kappa shape index (κ3) is 4.33. The van der Waals surface area contributed by atoms with Crippen molar-refractivity contribution in [1.82, 2.24) is 0 Å². The topological polar surface area (TPSA) is 36.9 Å². The van der Waals surface area contributed by atoms with Gasteiger partial charge in [-0.1, -0.05) is 13.8 Å². The fourth-order valence-electron chi connectivity index (χ4n) is 1.93. The van der Waals surface area contributed by atoms with Crippen LogP contribution in [0.1, 0.15) is 26.7 Å². The van der Waals surface area contributed by atoms with Crippen molar-refractivity contribution in [2.75, 3.05) is 34.0 Å². The van der Waals surface area contributed by atoms with E-state index in [-0.39, 0.29) is 11.5 Å². The van der Waals surface area contributed by atoms with Crippen molar-refractivity contribution in [1.29, 1.82) is 0 Å². The SMILES string of the molecule is CCC(C[SiH](OC)OC)OCC1(CC)COC1. The number of ether oxygens (including phenoxy) is 2. The fourth-order valence-corrected chi connectivity index (χ4v) is 3.41. The lowest BCUT2D eigenvalue weighted by Crippen LogP contribution is -2.46. The Labute approximate surface area is 106 Å². The van der Waals surface area contributed by atoms with Gasteiger partial charge in [0.25, 0.3) is 0 Å². The van der Waals surface area contributed by atoms with Crippen LogP contribution in [0.15, 0.2) is 0 Å². The molecule has 5 heteroatoms. The van der Waals surface area contributed by atoms with Gasteiger partial charge in [0.1, 0.15) is 0 Å². The first kappa shape index (κ1) is 15.1. The maximum absolute atomic E-state index is 6.02. The molecule has 1 saturated heterocycles. The Balaban J connectivity index is 2.31. The van der Waals surface area contributed by atoms with E-state index < -0.39 is 9.28 Å². The molecule has 0 aliphatic carbocycles. The molecule has 4 nitrogen and oxygen atoms in total. The molecule has 0 aromatic heterocycles. The Morgan fingerprint density at radius 3 is 2.24 bits per heavy atom.